The number of carbonyl (C=O) groups is 4. The molecule has 1 N–H and O–H groups in total. The minimum absolute atomic E-state index is 0.00874. The van der Waals surface area contributed by atoms with Gasteiger partial charge in [0.2, 0.25) is 5.91 Å². The van der Waals surface area contributed by atoms with Crippen LogP contribution in [0.2, 0.25) is 0 Å². The number of ether oxygens (including phenoxy) is 1. The molecule has 0 fully saturated rings. The van der Waals surface area contributed by atoms with Crippen LogP contribution in [-0.2, 0) is 20.9 Å². The van der Waals surface area contributed by atoms with Gasteiger partial charge >= 0.3 is 0 Å². The van der Waals surface area contributed by atoms with Crippen molar-refractivity contribution >= 4 is 34.9 Å². The monoisotopic (exact) mass is 565 g/mol. The minimum atomic E-state index is -1.20. The number of Topliss-reactive ketones (excluding diaryl/α,β-unsaturated/α-hetero) is 1. The summed E-state index contributed by atoms with van der Waals surface area (Å²) in [5.41, 5.74) is 3.13. The number of hydrogen-bond acceptors (Lipinski definition) is 5. The van der Waals surface area contributed by atoms with Gasteiger partial charge in [-0.25, -0.2) is 4.39 Å². The predicted octanol–water partition coefficient (Wildman–Crippen LogP) is 5.08. The smallest absolute Gasteiger partial charge is 0.299 e. The van der Waals surface area contributed by atoms with Gasteiger partial charge in [-0.1, -0.05) is 54.1 Å². The highest BCUT2D eigenvalue weighted by Gasteiger charge is 2.39. The lowest BCUT2D eigenvalue weighted by Gasteiger charge is -2.33. The van der Waals surface area contributed by atoms with Crippen molar-refractivity contribution in [3.8, 4) is 5.75 Å². The molecule has 4 aromatic rings. The average molecular weight is 566 g/mol. The summed E-state index contributed by atoms with van der Waals surface area (Å²) in [5.74, 6) is -2.53. The summed E-state index contributed by atoms with van der Waals surface area (Å²) in [6.45, 7) is 1.47. The van der Waals surface area contributed by atoms with Crippen LogP contribution in [0, 0.1) is 12.7 Å². The van der Waals surface area contributed by atoms with Gasteiger partial charge in [0.05, 0.1) is 18.4 Å². The van der Waals surface area contributed by atoms with Crippen molar-refractivity contribution in [2.45, 2.75) is 19.5 Å². The van der Waals surface area contributed by atoms with Crippen LogP contribution in [0.15, 0.2) is 97.1 Å². The number of nitrogens with one attached hydrogen (secondary N) is 1. The second-order valence-corrected chi connectivity index (χ2v) is 9.92. The van der Waals surface area contributed by atoms with Crippen LogP contribution in [0.5, 0.6) is 5.75 Å². The van der Waals surface area contributed by atoms with Crippen molar-refractivity contribution in [2.24, 2.45) is 0 Å². The lowest BCUT2D eigenvalue weighted by atomic mass is 10.0. The molecule has 1 heterocycles. The molecule has 42 heavy (non-hydrogen) atoms. The summed E-state index contributed by atoms with van der Waals surface area (Å²) in [5, 5.41) is 2.84. The van der Waals surface area contributed by atoms with Crippen LogP contribution in [0.3, 0.4) is 0 Å². The zero-order valence-corrected chi connectivity index (χ0v) is 23.0. The maximum atomic E-state index is 14.1. The summed E-state index contributed by atoms with van der Waals surface area (Å²) in [7, 11) is 1.53. The topological polar surface area (TPSA) is 96.0 Å². The standard InChI is InChI=1S/C33H28FN3O5/c1-21-7-9-22(10-8-21)19-37(29(38)20-36-28-6-4-3-5-27(28)31(39)33(36)41)30(23-11-13-24(34)14-12-23)32(40)35-25-15-17-26(42-2)18-16-25/h3-18,30H,19-20H2,1-2H3,(H,35,40)/t30-/m0/s1. The van der Waals surface area contributed by atoms with E-state index in [0.717, 1.165) is 16.0 Å². The number of benzene rings is 4. The van der Waals surface area contributed by atoms with Gasteiger partial charge < -0.3 is 15.0 Å². The molecule has 1 aliphatic heterocycles. The van der Waals surface area contributed by atoms with Crippen LogP contribution in [0.1, 0.15) is 33.1 Å². The fourth-order valence-electron chi connectivity index (χ4n) is 4.85. The van der Waals surface area contributed by atoms with Crippen molar-refractivity contribution in [2.75, 3.05) is 23.9 Å². The zero-order chi connectivity index (χ0) is 29.8. The van der Waals surface area contributed by atoms with Gasteiger partial charge in [0.15, 0.2) is 0 Å². The van der Waals surface area contributed by atoms with E-state index >= 15 is 0 Å². The van der Waals surface area contributed by atoms with Gasteiger partial charge in [-0.3, -0.25) is 24.1 Å². The Morgan fingerprint density at radius 3 is 2.24 bits per heavy atom. The summed E-state index contributed by atoms with van der Waals surface area (Å²) >= 11 is 0. The third-order valence-corrected chi connectivity index (χ3v) is 7.07. The number of aryl methyl sites for hydroxylation is 1. The number of halogens is 1. The number of amides is 3. The number of fused-ring (bicyclic) bond motifs is 1. The Bertz CT molecular complexity index is 1640. The molecule has 0 saturated carbocycles. The molecular formula is C33H28FN3O5. The number of carbonyl (C=O) groups excluding carboxylic acids is 4. The molecule has 0 aliphatic carbocycles. The van der Waals surface area contributed by atoms with E-state index in [9.17, 15) is 23.6 Å². The molecule has 3 amide bonds. The van der Waals surface area contributed by atoms with E-state index in [1.807, 2.05) is 31.2 Å². The van der Waals surface area contributed by atoms with Crippen molar-refractivity contribution < 1.29 is 28.3 Å². The molecule has 212 valence electrons. The van der Waals surface area contributed by atoms with E-state index < -0.39 is 41.9 Å². The number of ketones is 1. The summed E-state index contributed by atoms with van der Waals surface area (Å²) in [6.07, 6.45) is 0. The number of hydrogen-bond donors (Lipinski definition) is 1. The van der Waals surface area contributed by atoms with Gasteiger partial charge in [-0.2, -0.15) is 0 Å². The maximum Gasteiger partial charge on any atom is 0.299 e. The number of para-hydroxylation sites is 1. The Balaban J connectivity index is 1.54. The number of anilines is 2. The molecule has 0 bridgehead atoms. The highest BCUT2D eigenvalue weighted by atomic mass is 19.1. The summed E-state index contributed by atoms with van der Waals surface area (Å²) < 4.78 is 19.1. The highest BCUT2D eigenvalue weighted by molar-refractivity contribution is 6.52. The first-order chi connectivity index (χ1) is 20.2. The average Bonchev–Trinajstić information content (AvgIpc) is 3.24. The SMILES string of the molecule is COc1ccc(NC(=O)[C@H](c2ccc(F)cc2)N(Cc2ccc(C)cc2)C(=O)CN2C(=O)C(=O)c3ccccc32)cc1. The van der Waals surface area contributed by atoms with Crippen LogP contribution in [-0.4, -0.2) is 42.1 Å². The molecule has 0 saturated heterocycles. The third-order valence-electron chi connectivity index (χ3n) is 7.07. The van der Waals surface area contributed by atoms with Crippen LogP contribution in [0.25, 0.3) is 0 Å². The Hall–Kier alpha value is -5.31. The van der Waals surface area contributed by atoms with Gasteiger partial charge in [0.1, 0.15) is 24.2 Å². The predicted molar refractivity (Wildman–Crippen MR) is 156 cm³/mol. The third kappa shape index (κ3) is 5.90. The Labute approximate surface area is 242 Å². The van der Waals surface area contributed by atoms with Crippen molar-refractivity contribution in [1.82, 2.24) is 4.90 Å². The van der Waals surface area contributed by atoms with Crippen LogP contribution >= 0.6 is 0 Å². The maximum absolute atomic E-state index is 14.1. The van der Waals surface area contributed by atoms with E-state index in [-0.39, 0.29) is 12.1 Å². The fourth-order valence-corrected chi connectivity index (χ4v) is 4.85. The van der Waals surface area contributed by atoms with E-state index in [2.05, 4.69) is 5.32 Å². The molecule has 1 aliphatic rings. The molecule has 0 radical (unpaired) electrons. The van der Waals surface area contributed by atoms with Gasteiger partial charge in [0.25, 0.3) is 17.6 Å². The quantitative estimate of drug-likeness (QED) is 0.286. The van der Waals surface area contributed by atoms with Crippen molar-refractivity contribution in [3.63, 3.8) is 0 Å². The first-order valence-electron chi connectivity index (χ1n) is 13.3. The van der Waals surface area contributed by atoms with E-state index in [4.69, 9.17) is 4.74 Å². The second-order valence-electron chi connectivity index (χ2n) is 9.92. The minimum Gasteiger partial charge on any atom is -0.497 e. The second kappa shape index (κ2) is 12.1. The molecule has 8 nitrogen and oxygen atoms in total. The Kier molecular flexibility index (Phi) is 8.10. The normalized spacial score (nSPS) is 13.0. The summed E-state index contributed by atoms with van der Waals surface area (Å²) in [4.78, 5) is 56.0. The first kappa shape index (κ1) is 28.2. The van der Waals surface area contributed by atoms with Gasteiger partial charge in [-0.15, -0.1) is 0 Å². The lowest BCUT2D eigenvalue weighted by Crippen LogP contribution is -2.46. The molecular weight excluding hydrogens is 537 g/mol. The van der Waals surface area contributed by atoms with E-state index in [0.29, 0.717) is 22.7 Å². The molecule has 9 heteroatoms. The van der Waals surface area contributed by atoms with Crippen LogP contribution < -0.4 is 15.0 Å². The number of rotatable bonds is 9. The van der Waals surface area contributed by atoms with Gasteiger partial charge in [0, 0.05) is 12.2 Å². The largest absolute Gasteiger partial charge is 0.497 e. The fraction of sp³-hybridized carbons (Fsp3) is 0.152. The van der Waals surface area contributed by atoms with Crippen molar-refractivity contribution in [1.29, 1.82) is 0 Å². The molecule has 1 atom stereocenters. The molecule has 4 aromatic carbocycles. The Morgan fingerprint density at radius 1 is 0.905 bits per heavy atom. The number of nitrogens with zero attached hydrogens (tertiary/aromatic N) is 2. The number of methoxy groups -OCH3 is 1. The molecule has 0 aromatic heterocycles. The molecule has 0 spiro atoms. The van der Waals surface area contributed by atoms with Crippen molar-refractivity contribution in [3.05, 3.63) is 125 Å². The first-order valence-corrected chi connectivity index (χ1v) is 13.3. The summed E-state index contributed by atoms with van der Waals surface area (Å²) in [6, 6.07) is 24.8. The lowest BCUT2D eigenvalue weighted by molar-refractivity contribution is -0.139. The zero-order valence-electron chi connectivity index (χ0n) is 23.0. The van der Waals surface area contributed by atoms with Crippen LogP contribution in [0.4, 0.5) is 15.8 Å². The molecule has 5 rings (SSSR count). The van der Waals surface area contributed by atoms with Gasteiger partial charge in [-0.05, 0) is 66.6 Å². The highest BCUT2D eigenvalue weighted by Crippen LogP contribution is 2.31. The van der Waals surface area contributed by atoms with E-state index in [1.165, 1.54) is 42.3 Å². The Morgan fingerprint density at radius 2 is 1.57 bits per heavy atom. The van der Waals surface area contributed by atoms with E-state index in [1.54, 1.807) is 42.5 Å². The molecule has 0 unspecified atom stereocenters.